The number of alkyl halides is 3. The molecule has 3 rings (SSSR count). The van der Waals surface area contributed by atoms with Gasteiger partial charge in [0.1, 0.15) is 11.6 Å². The summed E-state index contributed by atoms with van der Waals surface area (Å²) in [5.74, 6) is -1.98. The Labute approximate surface area is 150 Å². The molecule has 0 aliphatic carbocycles. The number of aromatic nitrogens is 6. The van der Waals surface area contributed by atoms with E-state index >= 15 is 0 Å². The summed E-state index contributed by atoms with van der Waals surface area (Å²) >= 11 is 0. The highest BCUT2D eigenvalue weighted by molar-refractivity contribution is 6.02. The van der Waals surface area contributed by atoms with E-state index in [-0.39, 0.29) is 17.6 Å². The summed E-state index contributed by atoms with van der Waals surface area (Å²) in [5.41, 5.74) is 1.30. The predicted octanol–water partition coefficient (Wildman–Crippen LogP) is 2.28. The Bertz CT molecular complexity index is 994. The highest BCUT2D eigenvalue weighted by Crippen LogP contribution is 2.27. The Morgan fingerprint density at radius 3 is 2.63 bits per heavy atom. The second kappa shape index (κ2) is 6.70. The van der Waals surface area contributed by atoms with E-state index in [4.69, 9.17) is 4.74 Å². The van der Waals surface area contributed by atoms with Gasteiger partial charge in [-0.05, 0) is 31.5 Å². The van der Waals surface area contributed by atoms with Crippen molar-refractivity contribution in [2.45, 2.75) is 20.0 Å². The molecule has 0 spiro atoms. The van der Waals surface area contributed by atoms with Crippen LogP contribution >= 0.6 is 0 Å². The number of nitrogens with one attached hydrogen (secondary N) is 2. The average molecular weight is 381 g/mol. The Balaban J connectivity index is 1.87. The minimum atomic E-state index is -4.68. The van der Waals surface area contributed by atoms with E-state index in [1.165, 1.54) is 14.0 Å². The summed E-state index contributed by atoms with van der Waals surface area (Å²) in [4.78, 5) is 19.7. The van der Waals surface area contributed by atoms with Gasteiger partial charge in [0.15, 0.2) is 0 Å². The average Bonchev–Trinajstić information content (AvgIpc) is 3.21. The highest BCUT2D eigenvalue weighted by Gasteiger charge is 2.35. The van der Waals surface area contributed by atoms with Crippen molar-refractivity contribution < 1.29 is 22.7 Å². The van der Waals surface area contributed by atoms with Crippen LogP contribution in [0.25, 0.3) is 5.95 Å². The lowest BCUT2D eigenvalue weighted by molar-refractivity contribution is -0.144. The van der Waals surface area contributed by atoms with Crippen molar-refractivity contribution >= 4 is 11.6 Å². The molecule has 3 aromatic rings. The van der Waals surface area contributed by atoms with Crippen molar-refractivity contribution in [3.63, 3.8) is 0 Å². The van der Waals surface area contributed by atoms with Gasteiger partial charge in [0.05, 0.1) is 12.8 Å². The second-order valence-corrected chi connectivity index (χ2v) is 5.53. The molecule has 0 fully saturated rings. The maximum atomic E-state index is 12.6. The molecule has 2 aromatic heterocycles. The van der Waals surface area contributed by atoms with Crippen LogP contribution in [0.1, 0.15) is 27.8 Å². The zero-order valence-electron chi connectivity index (χ0n) is 14.4. The smallest absolute Gasteiger partial charge is 0.451 e. The van der Waals surface area contributed by atoms with Gasteiger partial charge in [-0.1, -0.05) is 6.07 Å². The number of ether oxygens (including phenoxy) is 1. The van der Waals surface area contributed by atoms with Crippen LogP contribution in [-0.4, -0.2) is 43.0 Å². The van der Waals surface area contributed by atoms with Gasteiger partial charge in [-0.3, -0.25) is 9.89 Å². The molecule has 12 heteroatoms. The molecule has 0 aliphatic heterocycles. The molecule has 0 atom stereocenters. The largest absolute Gasteiger partial charge is 0.495 e. The van der Waals surface area contributed by atoms with E-state index < -0.39 is 17.9 Å². The molecule has 142 valence electrons. The van der Waals surface area contributed by atoms with Gasteiger partial charge in [0.25, 0.3) is 11.9 Å². The number of anilines is 1. The first-order valence-electron chi connectivity index (χ1n) is 7.58. The number of benzene rings is 1. The molecule has 27 heavy (non-hydrogen) atoms. The number of hydrogen-bond donors (Lipinski definition) is 2. The number of aryl methyl sites for hydroxylation is 2. The first-order chi connectivity index (χ1) is 12.7. The van der Waals surface area contributed by atoms with Crippen LogP contribution in [0.2, 0.25) is 0 Å². The molecule has 1 aromatic carbocycles. The normalized spacial score (nSPS) is 11.5. The first-order valence-corrected chi connectivity index (χ1v) is 7.58. The molecule has 0 aliphatic rings. The third-order valence-electron chi connectivity index (χ3n) is 3.51. The van der Waals surface area contributed by atoms with E-state index in [1.54, 1.807) is 17.2 Å². The number of carbonyl (C=O) groups excluding carboxylic acids is 1. The lowest BCUT2D eigenvalue weighted by atomic mass is 10.2. The number of H-pyrrole nitrogens is 1. The topological polar surface area (TPSA) is 111 Å². The lowest BCUT2D eigenvalue weighted by Gasteiger charge is -2.09. The number of rotatable bonds is 4. The zero-order valence-corrected chi connectivity index (χ0v) is 14.4. The summed E-state index contributed by atoms with van der Waals surface area (Å²) < 4.78 is 44.0. The number of nitrogens with zero attached hydrogens (tertiary/aromatic N) is 5. The van der Waals surface area contributed by atoms with Gasteiger partial charge in [-0.25, -0.2) is 4.98 Å². The molecule has 0 unspecified atom stereocenters. The molecule has 0 saturated heterocycles. The molecule has 1 amide bonds. The van der Waals surface area contributed by atoms with E-state index in [0.29, 0.717) is 11.4 Å². The Hall–Kier alpha value is -3.44. The van der Waals surface area contributed by atoms with Crippen LogP contribution in [0.5, 0.6) is 5.75 Å². The summed E-state index contributed by atoms with van der Waals surface area (Å²) in [6, 6.07) is 5.20. The van der Waals surface area contributed by atoms with E-state index in [9.17, 15) is 18.0 Å². The Morgan fingerprint density at radius 2 is 2.00 bits per heavy atom. The maximum absolute atomic E-state index is 12.6. The quantitative estimate of drug-likeness (QED) is 0.717. The van der Waals surface area contributed by atoms with Crippen LogP contribution < -0.4 is 10.1 Å². The summed E-state index contributed by atoms with van der Waals surface area (Å²) in [6.07, 6.45) is -4.68. The van der Waals surface area contributed by atoms with Crippen molar-refractivity contribution in [1.29, 1.82) is 0 Å². The van der Waals surface area contributed by atoms with Gasteiger partial charge in [0.2, 0.25) is 11.6 Å². The van der Waals surface area contributed by atoms with Crippen LogP contribution in [0, 0.1) is 13.8 Å². The molecule has 2 N–H and O–H groups in total. The van der Waals surface area contributed by atoms with Crippen molar-refractivity contribution in [3.8, 4) is 11.7 Å². The number of carbonyl (C=O) groups is 1. The minimum Gasteiger partial charge on any atom is -0.495 e. The van der Waals surface area contributed by atoms with Crippen molar-refractivity contribution in [3.05, 3.63) is 41.2 Å². The number of amides is 1. The molecular weight excluding hydrogens is 367 g/mol. The summed E-state index contributed by atoms with van der Waals surface area (Å²) in [6.45, 7) is 3.30. The Morgan fingerprint density at radius 1 is 1.26 bits per heavy atom. The van der Waals surface area contributed by atoms with Gasteiger partial charge in [0, 0.05) is 0 Å². The number of halogens is 3. The van der Waals surface area contributed by atoms with Crippen molar-refractivity contribution in [2.24, 2.45) is 0 Å². The Kier molecular flexibility index (Phi) is 4.56. The predicted molar refractivity (Wildman–Crippen MR) is 86.7 cm³/mol. The number of methoxy groups -OCH3 is 1. The fourth-order valence-electron chi connectivity index (χ4n) is 2.25. The number of hydrogen-bond acceptors (Lipinski definition) is 6. The van der Waals surface area contributed by atoms with Gasteiger partial charge < -0.3 is 10.1 Å². The third-order valence-corrected chi connectivity index (χ3v) is 3.51. The fourth-order valence-corrected chi connectivity index (χ4v) is 2.25. The third kappa shape index (κ3) is 3.73. The standard InChI is InChI=1S/C15H14F3N7O2/c1-7-4-5-10(27-3)9(6-7)20-12(26)11-19-8(2)25(24-11)14-21-13(22-23-14)15(16,17)18/h4-6H,1-3H3,(H,20,26)(H,21,22,23). The zero-order chi connectivity index (χ0) is 19.8. The fraction of sp³-hybridized carbons (Fsp3) is 0.267. The molecule has 0 bridgehead atoms. The van der Waals surface area contributed by atoms with Gasteiger partial charge in [-0.15, -0.1) is 10.2 Å². The minimum absolute atomic E-state index is 0.143. The van der Waals surface area contributed by atoms with Crippen LogP contribution in [-0.2, 0) is 6.18 Å². The van der Waals surface area contributed by atoms with Crippen molar-refractivity contribution in [1.82, 2.24) is 29.9 Å². The summed E-state index contributed by atoms with van der Waals surface area (Å²) in [5, 5.41) is 11.7. The van der Waals surface area contributed by atoms with Gasteiger partial charge >= 0.3 is 6.18 Å². The van der Waals surface area contributed by atoms with Crippen molar-refractivity contribution in [2.75, 3.05) is 12.4 Å². The maximum Gasteiger partial charge on any atom is 0.451 e. The molecular formula is C15H14F3N7O2. The second-order valence-electron chi connectivity index (χ2n) is 5.53. The molecule has 2 heterocycles. The number of aromatic amines is 1. The van der Waals surface area contributed by atoms with Crippen LogP contribution in [0.15, 0.2) is 18.2 Å². The highest BCUT2D eigenvalue weighted by atomic mass is 19.4. The van der Waals surface area contributed by atoms with E-state index in [2.05, 4.69) is 25.5 Å². The van der Waals surface area contributed by atoms with E-state index in [1.807, 2.05) is 13.0 Å². The SMILES string of the molecule is COc1ccc(C)cc1NC(=O)c1nc(C)n(-c2n[nH]c(C(F)(F)F)n2)n1. The summed E-state index contributed by atoms with van der Waals surface area (Å²) in [7, 11) is 1.46. The molecule has 0 saturated carbocycles. The monoisotopic (exact) mass is 381 g/mol. The van der Waals surface area contributed by atoms with Crippen LogP contribution in [0.3, 0.4) is 0 Å². The lowest BCUT2D eigenvalue weighted by Crippen LogP contribution is -2.15. The van der Waals surface area contributed by atoms with E-state index in [0.717, 1.165) is 10.2 Å². The molecule has 9 nitrogen and oxygen atoms in total. The molecule has 0 radical (unpaired) electrons. The van der Waals surface area contributed by atoms with Crippen LogP contribution in [0.4, 0.5) is 18.9 Å². The first kappa shape index (κ1) is 18.4. The van der Waals surface area contributed by atoms with Gasteiger partial charge in [-0.2, -0.15) is 22.8 Å².